The third-order valence-corrected chi connectivity index (χ3v) is 4.38. The van der Waals surface area contributed by atoms with E-state index < -0.39 is 0 Å². The first-order valence-electron chi connectivity index (χ1n) is 8.65. The van der Waals surface area contributed by atoms with Gasteiger partial charge in [-0.25, -0.2) is 4.98 Å². The fourth-order valence-electron chi connectivity index (χ4n) is 3.04. The van der Waals surface area contributed by atoms with Gasteiger partial charge in [0.2, 0.25) is 0 Å². The van der Waals surface area contributed by atoms with Crippen molar-refractivity contribution >= 4 is 35.0 Å². The van der Waals surface area contributed by atoms with Gasteiger partial charge in [0, 0.05) is 11.3 Å². The predicted molar refractivity (Wildman–Crippen MR) is 114 cm³/mol. The molecule has 0 radical (unpaired) electrons. The van der Waals surface area contributed by atoms with Crippen molar-refractivity contribution in [3.63, 3.8) is 0 Å². The van der Waals surface area contributed by atoms with Crippen molar-refractivity contribution in [3.8, 4) is 17.1 Å². The van der Waals surface area contributed by atoms with Gasteiger partial charge in [-0.05, 0) is 48.9 Å². The molecule has 0 fully saturated rings. The van der Waals surface area contributed by atoms with Crippen molar-refractivity contribution in [1.29, 1.82) is 0 Å². The number of nitrogens with one attached hydrogen (secondary N) is 2. The van der Waals surface area contributed by atoms with Crippen LogP contribution in [0.3, 0.4) is 0 Å². The van der Waals surface area contributed by atoms with Crippen LogP contribution in [0.25, 0.3) is 22.4 Å². The van der Waals surface area contributed by atoms with Gasteiger partial charge in [-0.15, -0.1) is 12.4 Å². The number of nitrogens with zero attached hydrogens (tertiary/aromatic N) is 1. The second-order valence-corrected chi connectivity index (χ2v) is 6.34. The molecule has 0 spiro atoms. The van der Waals surface area contributed by atoms with Gasteiger partial charge in [0.05, 0.1) is 23.7 Å². The average molecular weight is 394 g/mol. The molecule has 3 aromatic carbocycles. The monoisotopic (exact) mass is 393 g/mol. The number of amides is 1. The number of methoxy groups -OCH3 is 1. The minimum Gasteiger partial charge on any atom is -0.496 e. The van der Waals surface area contributed by atoms with Gasteiger partial charge in [-0.1, -0.05) is 30.3 Å². The van der Waals surface area contributed by atoms with E-state index in [0.29, 0.717) is 17.0 Å². The van der Waals surface area contributed by atoms with Crippen LogP contribution in [-0.2, 0) is 0 Å². The minimum absolute atomic E-state index is 0. The van der Waals surface area contributed by atoms with Crippen LogP contribution in [0.15, 0.2) is 66.7 Å². The fourth-order valence-corrected chi connectivity index (χ4v) is 3.04. The lowest BCUT2D eigenvalue weighted by Gasteiger charge is -2.09. The maximum Gasteiger partial charge on any atom is 0.259 e. The van der Waals surface area contributed by atoms with Gasteiger partial charge in [-0.2, -0.15) is 0 Å². The topological polar surface area (TPSA) is 67.0 Å². The molecule has 5 nitrogen and oxygen atoms in total. The predicted octanol–water partition coefficient (Wildman–Crippen LogP) is 5.22. The van der Waals surface area contributed by atoms with Crippen molar-refractivity contribution in [2.24, 2.45) is 0 Å². The number of halogens is 1. The summed E-state index contributed by atoms with van der Waals surface area (Å²) in [6.07, 6.45) is 0. The number of para-hydroxylation sites is 1. The molecule has 0 saturated carbocycles. The van der Waals surface area contributed by atoms with Crippen LogP contribution in [0.5, 0.6) is 5.75 Å². The maximum atomic E-state index is 12.6. The summed E-state index contributed by atoms with van der Waals surface area (Å²) in [5.41, 5.74) is 5.18. The zero-order valence-electron chi connectivity index (χ0n) is 15.5. The number of hydrogen-bond acceptors (Lipinski definition) is 3. The van der Waals surface area contributed by atoms with Gasteiger partial charge in [-0.3, -0.25) is 4.79 Å². The van der Waals surface area contributed by atoms with Crippen molar-refractivity contribution in [3.05, 3.63) is 77.9 Å². The Balaban J connectivity index is 0.00000225. The lowest BCUT2D eigenvalue weighted by Crippen LogP contribution is -2.13. The van der Waals surface area contributed by atoms with Crippen LogP contribution < -0.4 is 10.1 Å². The maximum absolute atomic E-state index is 12.6. The Morgan fingerprint density at radius 1 is 1.04 bits per heavy atom. The van der Waals surface area contributed by atoms with Gasteiger partial charge >= 0.3 is 0 Å². The Morgan fingerprint density at radius 3 is 2.68 bits per heavy atom. The summed E-state index contributed by atoms with van der Waals surface area (Å²) in [6.45, 7) is 2.05. The van der Waals surface area contributed by atoms with E-state index in [4.69, 9.17) is 4.74 Å². The van der Waals surface area contributed by atoms with Gasteiger partial charge < -0.3 is 15.0 Å². The van der Waals surface area contributed by atoms with Crippen LogP contribution in [0.1, 0.15) is 15.9 Å². The van der Waals surface area contributed by atoms with Crippen molar-refractivity contribution in [2.45, 2.75) is 6.92 Å². The molecular weight excluding hydrogens is 374 g/mol. The zero-order chi connectivity index (χ0) is 18.8. The molecule has 0 atom stereocenters. The molecule has 0 bridgehead atoms. The second-order valence-electron chi connectivity index (χ2n) is 6.34. The summed E-state index contributed by atoms with van der Waals surface area (Å²) in [6, 6.07) is 20.9. The first-order chi connectivity index (χ1) is 13.1. The van der Waals surface area contributed by atoms with Crippen LogP contribution in [0.4, 0.5) is 5.69 Å². The van der Waals surface area contributed by atoms with Crippen molar-refractivity contribution < 1.29 is 9.53 Å². The molecule has 0 aliphatic heterocycles. The SMILES string of the molecule is COc1ccccc1C(=O)Nc1cccc(-c2nc3ccc(C)cc3[nH]2)c1.Cl. The molecular formula is C22H20ClN3O2. The lowest BCUT2D eigenvalue weighted by molar-refractivity contribution is 0.102. The Hall–Kier alpha value is -3.31. The lowest BCUT2D eigenvalue weighted by atomic mass is 10.1. The number of benzene rings is 3. The van der Waals surface area contributed by atoms with Crippen molar-refractivity contribution in [2.75, 3.05) is 12.4 Å². The summed E-state index contributed by atoms with van der Waals surface area (Å²) in [5, 5.41) is 2.93. The second kappa shape index (κ2) is 8.15. The van der Waals surface area contributed by atoms with Gasteiger partial charge in [0.15, 0.2) is 0 Å². The number of H-pyrrole nitrogens is 1. The van der Waals surface area contributed by atoms with E-state index in [-0.39, 0.29) is 18.3 Å². The molecule has 0 saturated heterocycles. The van der Waals surface area contributed by atoms with E-state index >= 15 is 0 Å². The first-order valence-corrected chi connectivity index (χ1v) is 8.65. The molecule has 142 valence electrons. The highest BCUT2D eigenvalue weighted by atomic mass is 35.5. The number of aromatic nitrogens is 2. The number of imidazole rings is 1. The summed E-state index contributed by atoms with van der Waals surface area (Å²) >= 11 is 0. The summed E-state index contributed by atoms with van der Waals surface area (Å²) in [5.74, 6) is 1.09. The number of fused-ring (bicyclic) bond motifs is 1. The number of aryl methyl sites for hydroxylation is 1. The molecule has 6 heteroatoms. The molecule has 0 aliphatic rings. The normalized spacial score (nSPS) is 10.4. The highest BCUT2D eigenvalue weighted by Gasteiger charge is 2.12. The third kappa shape index (κ3) is 3.85. The first kappa shape index (κ1) is 19.5. The zero-order valence-corrected chi connectivity index (χ0v) is 16.3. The van der Waals surface area contributed by atoms with E-state index in [1.165, 1.54) is 5.56 Å². The molecule has 2 N–H and O–H groups in total. The number of rotatable bonds is 4. The summed E-state index contributed by atoms with van der Waals surface area (Å²) in [7, 11) is 1.55. The number of aromatic amines is 1. The molecule has 1 aromatic heterocycles. The largest absolute Gasteiger partial charge is 0.496 e. The number of carbonyl (C=O) groups is 1. The molecule has 28 heavy (non-hydrogen) atoms. The van der Waals surface area contributed by atoms with E-state index in [2.05, 4.69) is 21.4 Å². The van der Waals surface area contributed by atoms with Gasteiger partial charge in [0.25, 0.3) is 5.91 Å². The van der Waals surface area contributed by atoms with E-state index in [0.717, 1.165) is 22.4 Å². The van der Waals surface area contributed by atoms with Gasteiger partial charge in [0.1, 0.15) is 11.6 Å². The number of hydrogen-bond donors (Lipinski definition) is 2. The molecule has 1 amide bonds. The minimum atomic E-state index is -0.218. The van der Waals surface area contributed by atoms with Crippen molar-refractivity contribution in [1.82, 2.24) is 9.97 Å². The molecule has 0 aliphatic carbocycles. The summed E-state index contributed by atoms with van der Waals surface area (Å²) < 4.78 is 5.26. The summed E-state index contributed by atoms with van der Waals surface area (Å²) in [4.78, 5) is 20.6. The van der Waals surface area contributed by atoms with Crippen LogP contribution in [0, 0.1) is 6.92 Å². The highest BCUT2D eigenvalue weighted by molar-refractivity contribution is 6.06. The number of ether oxygens (including phenoxy) is 1. The van der Waals surface area contributed by atoms with E-state index in [9.17, 15) is 4.79 Å². The molecule has 1 heterocycles. The quantitative estimate of drug-likeness (QED) is 0.499. The van der Waals surface area contributed by atoms with Crippen LogP contribution in [-0.4, -0.2) is 23.0 Å². The van der Waals surface area contributed by atoms with Crippen LogP contribution >= 0.6 is 12.4 Å². The highest BCUT2D eigenvalue weighted by Crippen LogP contribution is 2.25. The van der Waals surface area contributed by atoms with Crippen LogP contribution in [0.2, 0.25) is 0 Å². The molecule has 4 aromatic rings. The smallest absolute Gasteiger partial charge is 0.259 e. The Labute approximate surface area is 169 Å². The Kier molecular flexibility index (Phi) is 5.66. The number of anilines is 1. The van der Waals surface area contributed by atoms with E-state index in [1.807, 2.05) is 55.5 Å². The standard InChI is InChI=1S/C22H19N3O2.ClH/c1-14-10-11-18-19(12-14)25-21(24-18)15-6-5-7-16(13-15)23-22(26)17-8-3-4-9-20(17)27-2;/h3-13H,1-2H3,(H,23,26)(H,24,25);1H. The third-order valence-electron chi connectivity index (χ3n) is 4.38. The molecule has 4 rings (SSSR count). The van der Waals surface area contributed by atoms with E-state index in [1.54, 1.807) is 19.2 Å². The fraction of sp³-hybridized carbons (Fsp3) is 0.0909. The molecule has 0 unspecified atom stereocenters. The number of carbonyl (C=O) groups excluding carboxylic acids is 1. The average Bonchev–Trinajstić information content (AvgIpc) is 3.11. The Bertz CT molecular complexity index is 1140. The Morgan fingerprint density at radius 2 is 1.86 bits per heavy atom.